The molecule has 0 saturated heterocycles. The zero-order valence-electron chi connectivity index (χ0n) is 16.0. The third-order valence-corrected chi connectivity index (χ3v) is 5.61. The van der Waals surface area contributed by atoms with Gasteiger partial charge in [-0.1, -0.05) is 58.0 Å². The van der Waals surface area contributed by atoms with Crippen LogP contribution in [0.2, 0.25) is 0 Å². The molecule has 29 heavy (non-hydrogen) atoms. The van der Waals surface area contributed by atoms with Crippen LogP contribution in [0.5, 0.6) is 5.75 Å². The number of halogens is 1. The maximum absolute atomic E-state index is 12.3. The van der Waals surface area contributed by atoms with E-state index in [2.05, 4.69) is 38.0 Å². The Morgan fingerprint density at radius 3 is 2.59 bits per heavy atom. The molecule has 0 bridgehead atoms. The second-order valence-electron chi connectivity index (χ2n) is 6.13. The van der Waals surface area contributed by atoms with E-state index in [1.807, 2.05) is 53.1 Å². The molecule has 1 heterocycles. The van der Waals surface area contributed by atoms with Crippen molar-refractivity contribution >= 4 is 33.6 Å². The maximum atomic E-state index is 12.3. The molecule has 1 amide bonds. The average molecular weight is 473 g/mol. The fourth-order valence-corrected chi connectivity index (χ4v) is 3.67. The van der Waals surface area contributed by atoms with Gasteiger partial charge in [0.05, 0.1) is 12.9 Å². The molecule has 0 aliphatic heterocycles. The van der Waals surface area contributed by atoms with Crippen molar-refractivity contribution in [2.45, 2.75) is 18.2 Å². The highest BCUT2D eigenvalue weighted by Gasteiger charge is 2.15. The van der Waals surface area contributed by atoms with Gasteiger partial charge in [0, 0.05) is 23.1 Å². The Hall–Kier alpha value is -2.58. The van der Waals surface area contributed by atoms with Gasteiger partial charge in [0.15, 0.2) is 11.0 Å². The summed E-state index contributed by atoms with van der Waals surface area (Å²) in [6.45, 7) is 4.84. The van der Waals surface area contributed by atoms with Crippen molar-refractivity contribution in [3.63, 3.8) is 0 Å². The molecule has 0 aliphatic carbocycles. The summed E-state index contributed by atoms with van der Waals surface area (Å²) < 4.78 is 8.09. The SMILES string of the molecule is C=CCn1c(SCC(=O)NCc2ccc(OC)cc2)nnc1-c1ccc(Br)cc1. The fraction of sp³-hybridized carbons (Fsp3) is 0.190. The molecular weight excluding hydrogens is 452 g/mol. The Morgan fingerprint density at radius 2 is 1.93 bits per heavy atom. The fourth-order valence-electron chi connectivity index (χ4n) is 2.63. The van der Waals surface area contributed by atoms with Crippen molar-refractivity contribution in [2.24, 2.45) is 0 Å². The third-order valence-electron chi connectivity index (χ3n) is 4.11. The molecule has 150 valence electrons. The first-order valence-corrected chi connectivity index (χ1v) is 10.7. The van der Waals surface area contributed by atoms with E-state index in [0.717, 1.165) is 27.2 Å². The third kappa shape index (κ3) is 5.71. The van der Waals surface area contributed by atoms with Gasteiger partial charge in [0.1, 0.15) is 5.75 Å². The molecule has 0 atom stereocenters. The molecule has 0 aliphatic rings. The molecule has 0 spiro atoms. The van der Waals surface area contributed by atoms with Gasteiger partial charge in [0.2, 0.25) is 5.91 Å². The van der Waals surface area contributed by atoms with E-state index in [0.29, 0.717) is 18.2 Å². The van der Waals surface area contributed by atoms with E-state index in [-0.39, 0.29) is 11.7 Å². The second-order valence-corrected chi connectivity index (χ2v) is 7.98. The summed E-state index contributed by atoms with van der Waals surface area (Å²) in [6, 6.07) is 15.5. The summed E-state index contributed by atoms with van der Waals surface area (Å²) in [4.78, 5) is 12.3. The Balaban J connectivity index is 1.61. The van der Waals surface area contributed by atoms with E-state index in [1.54, 1.807) is 13.2 Å². The molecular formula is C21H21BrN4O2S. The standard InChI is InChI=1S/C21H21BrN4O2S/c1-3-12-26-20(16-6-8-17(22)9-7-16)24-25-21(26)29-14-19(27)23-13-15-4-10-18(28-2)11-5-15/h3-11H,1,12-14H2,2H3,(H,23,27). The van der Waals surface area contributed by atoms with Gasteiger partial charge in [-0.15, -0.1) is 16.8 Å². The van der Waals surface area contributed by atoms with Gasteiger partial charge in [0.25, 0.3) is 0 Å². The van der Waals surface area contributed by atoms with E-state index < -0.39 is 0 Å². The van der Waals surface area contributed by atoms with Crippen LogP contribution in [0.25, 0.3) is 11.4 Å². The molecule has 3 aromatic rings. The van der Waals surface area contributed by atoms with Crippen molar-refractivity contribution in [1.29, 1.82) is 0 Å². The Kier molecular flexibility index (Phi) is 7.48. The van der Waals surface area contributed by atoms with Gasteiger partial charge < -0.3 is 10.1 Å². The van der Waals surface area contributed by atoms with E-state index in [1.165, 1.54) is 11.8 Å². The van der Waals surface area contributed by atoms with E-state index in [9.17, 15) is 4.79 Å². The number of benzene rings is 2. The highest BCUT2D eigenvalue weighted by Crippen LogP contribution is 2.25. The summed E-state index contributed by atoms with van der Waals surface area (Å²) in [7, 11) is 1.63. The number of carbonyl (C=O) groups excluding carboxylic acids is 1. The quantitative estimate of drug-likeness (QED) is 0.371. The summed E-state index contributed by atoms with van der Waals surface area (Å²) in [6.07, 6.45) is 1.79. The molecule has 8 heteroatoms. The number of carbonyl (C=O) groups is 1. The molecule has 0 unspecified atom stereocenters. The smallest absolute Gasteiger partial charge is 0.230 e. The van der Waals surface area contributed by atoms with Gasteiger partial charge >= 0.3 is 0 Å². The second kappa shape index (κ2) is 10.3. The van der Waals surface area contributed by atoms with E-state index >= 15 is 0 Å². The minimum Gasteiger partial charge on any atom is -0.497 e. The van der Waals surface area contributed by atoms with Crippen molar-refractivity contribution in [3.05, 3.63) is 71.2 Å². The first-order chi connectivity index (χ1) is 14.1. The lowest BCUT2D eigenvalue weighted by atomic mass is 10.2. The number of aromatic nitrogens is 3. The number of ether oxygens (including phenoxy) is 1. The number of amides is 1. The molecule has 1 aromatic heterocycles. The monoisotopic (exact) mass is 472 g/mol. The van der Waals surface area contributed by atoms with Crippen LogP contribution in [-0.4, -0.2) is 33.5 Å². The lowest BCUT2D eigenvalue weighted by Gasteiger charge is -2.08. The molecule has 0 fully saturated rings. The lowest BCUT2D eigenvalue weighted by Crippen LogP contribution is -2.24. The summed E-state index contributed by atoms with van der Waals surface area (Å²) in [5.41, 5.74) is 1.97. The number of thioether (sulfide) groups is 1. The largest absolute Gasteiger partial charge is 0.497 e. The van der Waals surface area contributed by atoms with Crippen LogP contribution in [-0.2, 0) is 17.9 Å². The van der Waals surface area contributed by atoms with Crippen molar-refractivity contribution in [1.82, 2.24) is 20.1 Å². The topological polar surface area (TPSA) is 69.0 Å². The maximum Gasteiger partial charge on any atom is 0.230 e. The number of allylic oxidation sites excluding steroid dienone is 1. The Morgan fingerprint density at radius 1 is 1.21 bits per heavy atom. The van der Waals surface area contributed by atoms with Crippen molar-refractivity contribution < 1.29 is 9.53 Å². The zero-order chi connectivity index (χ0) is 20.6. The van der Waals surface area contributed by atoms with Crippen LogP contribution in [0.1, 0.15) is 5.56 Å². The Labute approximate surface area is 182 Å². The normalized spacial score (nSPS) is 10.6. The molecule has 2 aromatic carbocycles. The molecule has 3 rings (SSSR count). The Bertz CT molecular complexity index is 971. The molecule has 1 N–H and O–H groups in total. The van der Waals surface area contributed by atoms with Gasteiger partial charge in [-0.05, 0) is 29.8 Å². The number of methoxy groups -OCH3 is 1. The molecule has 6 nitrogen and oxygen atoms in total. The highest BCUT2D eigenvalue weighted by atomic mass is 79.9. The van der Waals surface area contributed by atoms with Crippen LogP contribution < -0.4 is 10.1 Å². The van der Waals surface area contributed by atoms with Gasteiger partial charge in [-0.2, -0.15) is 0 Å². The highest BCUT2D eigenvalue weighted by molar-refractivity contribution is 9.10. The number of hydrogen-bond acceptors (Lipinski definition) is 5. The molecule has 0 saturated carbocycles. The van der Waals surface area contributed by atoms with Crippen LogP contribution in [0.4, 0.5) is 0 Å². The van der Waals surface area contributed by atoms with Crippen LogP contribution in [0, 0.1) is 0 Å². The summed E-state index contributed by atoms with van der Waals surface area (Å²) in [5, 5.41) is 12.2. The van der Waals surface area contributed by atoms with Gasteiger partial charge in [-0.3, -0.25) is 9.36 Å². The summed E-state index contributed by atoms with van der Waals surface area (Å²) >= 11 is 4.79. The lowest BCUT2D eigenvalue weighted by molar-refractivity contribution is -0.118. The van der Waals surface area contributed by atoms with Crippen molar-refractivity contribution in [2.75, 3.05) is 12.9 Å². The summed E-state index contributed by atoms with van der Waals surface area (Å²) in [5.74, 6) is 1.73. The predicted molar refractivity (Wildman–Crippen MR) is 119 cm³/mol. The first-order valence-electron chi connectivity index (χ1n) is 8.93. The van der Waals surface area contributed by atoms with Crippen LogP contribution >= 0.6 is 27.7 Å². The van der Waals surface area contributed by atoms with E-state index in [4.69, 9.17) is 4.74 Å². The number of rotatable bonds is 9. The number of nitrogens with one attached hydrogen (secondary N) is 1. The minimum absolute atomic E-state index is 0.0656. The molecule has 0 radical (unpaired) electrons. The predicted octanol–water partition coefficient (Wildman–Crippen LogP) is 4.31. The van der Waals surface area contributed by atoms with Crippen LogP contribution in [0.15, 0.2) is 70.8 Å². The van der Waals surface area contributed by atoms with Crippen molar-refractivity contribution in [3.8, 4) is 17.1 Å². The minimum atomic E-state index is -0.0656. The number of nitrogens with zero attached hydrogens (tertiary/aromatic N) is 3. The average Bonchev–Trinajstić information content (AvgIpc) is 3.14. The number of hydrogen-bond donors (Lipinski definition) is 1. The van der Waals surface area contributed by atoms with Gasteiger partial charge in [-0.25, -0.2) is 0 Å². The van der Waals surface area contributed by atoms with Crippen LogP contribution in [0.3, 0.4) is 0 Å². The first kappa shape index (κ1) is 21.1. The zero-order valence-corrected chi connectivity index (χ0v) is 18.4.